The van der Waals surface area contributed by atoms with Gasteiger partial charge in [0.15, 0.2) is 0 Å². The van der Waals surface area contributed by atoms with E-state index in [0.717, 1.165) is 34.4 Å². The molecule has 0 saturated heterocycles. The molecule has 0 radical (unpaired) electrons. The maximum Gasteiger partial charge on any atom is 0.127 e. The Kier molecular flexibility index (Phi) is 3.60. The Bertz CT molecular complexity index is 640. The first kappa shape index (κ1) is 14.0. The van der Waals surface area contributed by atoms with Gasteiger partial charge in [-0.15, -0.1) is 11.6 Å². The zero-order valence-corrected chi connectivity index (χ0v) is 13.2. The Labute approximate surface area is 129 Å². The van der Waals surface area contributed by atoms with Gasteiger partial charge in [-0.1, -0.05) is 49.7 Å². The van der Waals surface area contributed by atoms with Crippen molar-refractivity contribution in [3.8, 4) is 5.75 Å². The van der Waals surface area contributed by atoms with E-state index in [9.17, 15) is 0 Å². The summed E-state index contributed by atoms with van der Waals surface area (Å²) in [6.07, 6.45) is 2.11. The molecule has 3 unspecified atom stereocenters. The van der Waals surface area contributed by atoms with Crippen molar-refractivity contribution >= 4 is 34.0 Å². The largest absolute Gasteiger partial charge is 0.489 e. The molecule has 1 aliphatic carbocycles. The standard InChI is InChI=1S/C17H18Cl2O/c1-3-17(2)15(19)10-16(17)20-14-9-8-13(18)11-6-4-5-7-12(11)14/h4-9,15-16H,3,10H2,1-2H3. The molecule has 1 aliphatic rings. The predicted octanol–water partition coefficient (Wildman–Crippen LogP) is 5.67. The molecule has 3 atom stereocenters. The zero-order chi connectivity index (χ0) is 14.3. The van der Waals surface area contributed by atoms with Crippen molar-refractivity contribution in [1.29, 1.82) is 0 Å². The maximum absolute atomic E-state index is 6.36. The highest BCUT2D eigenvalue weighted by atomic mass is 35.5. The normalized spacial score (nSPS) is 29.2. The molecule has 3 heteroatoms. The lowest BCUT2D eigenvalue weighted by Crippen LogP contribution is -2.55. The quantitative estimate of drug-likeness (QED) is 0.664. The molecule has 2 aromatic rings. The first-order chi connectivity index (χ1) is 9.56. The average Bonchev–Trinajstić information content (AvgIpc) is 2.48. The lowest BCUT2D eigenvalue weighted by molar-refractivity contribution is -0.0285. The maximum atomic E-state index is 6.36. The van der Waals surface area contributed by atoms with Gasteiger partial charge in [0.05, 0.1) is 0 Å². The highest BCUT2D eigenvalue weighted by molar-refractivity contribution is 6.35. The van der Waals surface area contributed by atoms with Crippen LogP contribution >= 0.6 is 23.2 Å². The Hall–Kier alpha value is -0.920. The molecule has 0 aliphatic heterocycles. The molecule has 0 aromatic heterocycles. The molecular formula is C17H18Cl2O. The first-order valence-corrected chi connectivity index (χ1v) is 7.85. The summed E-state index contributed by atoms with van der Waals surface area (Å²) in [6.45, 7) is 4.38. The molecule has 106 valence electrons. The van der Waals surface area contributed by atoms with Crippen molar-refractivity contribution < 1.29 is 4.74 Å². The molecule has 0 heterocycles. The third-order valence-corrected chi connectivity index (χ3v) is 5.74. The number of hydrogen-bond acceptors (Lipinski definition) is 1. The summed E-state index contributed by atoms with van der Waals surface area (Å²) in [5.74, 6) is 0.901. The second-order valence-electron chi connectivity index (χ2n) is 5.76. The highest BCUT2D eigenvalue weighted by Crippen LogP contribution is 2.49. The number of fused-ring (bicyclic) bond motifs is 1. The Morgan fingerprint density at radius 3 is 2.55 bits per heavy atom. The average molecular weight is 309 g/mol. The second kappa shape index (κ2) is 5.13. The van der Waals surface area contributed by atoms with E-state index in [1.165, 1.54) is 0 Å². The zero-order valence-electron chi connectivity index (χ0n) is 11.7. The first-order valence-electron chi connectivity index (χ1n) is 7.04. The molecular weight excluding hydrogens is 291 g/mol. The van der Waals surface area contributed by atoms with E-state index < -0.39 is 0 Å². The Morgan fingerprint density at radius 1 is 1.20 bits per heavy atom. The number of alkyl halides is 1. The number of benzene rings is 2. The van der Waals surface area contributed by atoms with Gasteiger partial charge in [0.25, 0.3) is 0 Å². The van der Waals surface area contributed by atoms with E-state index in [1.807, 2.05) is 30.3 Å². The third-order valence-electron chi connectivity index (χ3n) is 4.73. The summed E-state index contributed by atoms with van der Waals surface area (Å²) >= 11 is 12.6. The van der Waals surface area contributed by atoms with Gasteiger partial charge in [0.1, 0.15) is 11.9 Å². The van der Waals surface area contributed by atoms with Gasteiger partial charge in [0.2, 0.25) is 0 Å². The van der Waals surface area contributed by atoms with Crippen LogP contribution in [0.5, 0.6) is 5.75 Å². The van der Waals surface area contributed by atoms with Crippen molar-refractivity contribution in [3.05, 3.63) is 41.4 Å². The van der Waals surface area contributed by atoms with Crippen molar-refractivity contribution in [1.82, 2.24) is 0 Å². The van der Waals surface area contributed by atoms with Gasteiger partial charge in [-0.05, 0) is 18.6 Å². The lowest BCUT2D eigenvalue weighted by Gasteiger charge is -2.50. The summed E-state index contributed by atoms with van der Waals surface area (Å²) in [7, 11) is 0. The van der Waals surface area contributed by atoms with Crippen molar-refractivity contribution in [2.75, 3.05) is 0 Å². The van der Waals surface area contributed by atoms with Crippen LogP contribution in [0, 0.1) is 5.41 Å². The molecule has 20 heavy (non-hydrogen) atoms. The van der Waals surface area contributed by atoms with Crippen molar-refractivity contribution in [2.45, 2.75) is 38.2 Å². The molecule has 0 N–H and O–H groups in total. The number of ether oxygens (including phenoxy) is 1. The summed E-state index contributed by atoms with van der Waals surface area (Å²) in [5, 5.41) is 3.06. The monoisotopic (exact) mass is 308 g/mol. The van der Waals surface area contributed by atoms with Gasteiger partial charge in [0, 0.05) is 33.0 Å². The number of rotatable bonds is 3. The molecule has 2 aromatic carbocycles. The molecule has 0 spiro atoms. The van der Waals surface area contributed by atoms with Gasteiger partial charge in [-0.3, -0.25) is 0 Å². The van der Waals surface area contributed by atoms with E-state index in [1.54, 1.807) is 0 Å². The minimum atomic E-state index is 0.0578. The van der Waals surface area contributed by atoms with E-state index >= 15 is 0 Å². The Balaban J connectivity index is 1.95. The van der Waals surface area contributed by atoms with E-state index in [-0.39, 0.29) is 16.9 Å². The topological polar surface area (TPSA) is 9.23 Å². The van der Waals surface area contributed by atoms with Crippen LogP contribution in [0.25, 0.3) is 10.8 Å². The summed E-state index contributed by atoms with van der Waals surface area (Å²) in [5.41, 5.74) is 0.0578. The number of hydrogen-bond donors (Lipinski definition) is 0. The smallest absolute Gasteiger partial charge is 0.127 e. The van der Waals surface area contributed by atoms with Crippen LogP contribution in [-0.4, -0.2) is 11.5 Å². The van der Waals surface area contributed by atoms with Crippen LogP contribution in [-0.2, 0) is 0 Å². The van der Waals surface area contributed by atoms with Crippen LogP contribution in [0.3, 0.4) is 0 Å². The fraction of sp³-hybridized carbons (Fsp3) is 0.412. The molecule has 3 rings (SSSR count). The summed E-state index contributed by atoms with van der Waals surface area (Å²) in [4.78, 5) is 0. The van der Waals surface area contributed by atoms with Crippen LogP contribution < -0.4 is 4.74 Å². The summed E-state index contributed by atoms with van der Waals surface area (Å²) in [6, 6.07) is 11.9. The van der Waals surface area contributed by atoms with Gasteiger partial charge in [-0.25, -0.2) is 0 Å². The summed E-state index contributed by atoms with van der Waals surface area (Å²) < 4.78 is 6.25. The van der Waals surface area contributed by atoms with Gasteiger partial charge in [-0.2, -0.15) is 0 Å². The molecule has 1 fully saturated rings. The van der Waals surface area contributed by atoms with Crippen LogP contribution in [0.15, 0.2) is 36.4 Å². The predicted molar refractivity (Wildman–Crippen MR) is 86.0 cm³/mol. The second-order valence-corrected chi connectivity index (χ2v) is 6.69. The molecule has 1 saturated carbocycles. The fourth-order valence-corrected chi connectivity index (χ4v) is 3.57. The lowest BCUT2D eigenvalue weighted by atomic mass is 9.65. The van der Waals surface area contributed by atoms with Gasteiger partial charge < -0.3 is 4.74 Å². The van der Waals surface area contributed by atoms with Crippen molar-refractivity contribution in [3.63, 3.8) is 0 Å². The molecule has 0 amide bonds. The van der Waals surface area contributed by atoms with Gasteiger partial charge >= 0.3 is 0 Å². The SMILES string of the molecule is CCC1(C)C(Cl)CC1Oc1ccc(Cl)c2ccccc12. The highest BCUT2D eigenvalue weighted by Gasteiger charge is 2.51. The van der Waals surface area contributed by atoms with E-state index in [0.29, 0.717) is 0 Å². The van der Waals surface area contributed by atoms with Crippen LogP contribution in [0.4, 0.5) is 0 Å². The minimum absolute atomic E-state index is 0.0578. The molecule has 0 bridgehead atoms. The minimum Gasteiger partial charge on any atom is -0.489 e. The van der Waals surface area contributed by atoms with E-state index in [2.05, 4.69) is 19.9 Å². The fourth-order valence-electron chi connectivity index (χ4n) is 2.89. The third kappa shape index (κ3) is 2.08. The van der Waals surface area contributed by atoms with Crippen LogP contribution in [0.1, 0.15) is 26.7 Å². The number of halogens is 2. The molecule has 1 nitrogen and oxygen atoms in total. The van der Waals surface area contributed by atoms with Crippen molar-refractivity contribution in [2.24, 2.45) is 5.41 Å². The van der Waals surface area contributed by atoms with Crippen LogP contribution in [0.2, 0.25) is 5.02 Å². The Morgan fingerprint density at radius 2 is 1.90 bits per heavy atom. The van der Waals surface area contributed by atoms with E-state index in [4.69, 9.17) is 27.9 Å².